The highest BCUT2D eigenvalue weighted by molar-refractivity contribution is 5.95. The van der Waals surface area contributed by atoms with Gasteiger partial charge < -0.3 is 31.1 Å². The minimum absolute atomic E-state index is 0.0701. The van der Waals surface area contributed by atoms with E-state index >= 15 is 0 Å². The highest BCUT2D eigenvalue weighted by Crippen LogP contribution is 2.18. The molecule has 1 aliphatic heterocycles. The van der Waals surface area contributed by atoms with E-state index in [2.05, 4.69) is 15.6 Å². The lowest BCUT2D eigenvalue weighted by Crippen LogP contribution is -2.51. The summed E-state index contributed by atoms with van der Waals surface area (Å²) in [5.41, 5.74) is 5.45. The summed E-state index contributed by atoms with van der Waals surface area (Å²) < 4.78 is 5.07. The molecular formula is C10H20N4O5. The standard InChI is InChI=1S/C10H20N4O5/c1-4(2)12-9(11)14-10(18)13-8-7(17)6(16)5(3-15)19-8/h4-8,15-17H,3H2,1-2H3,(H4,11,12,13,14,18)/t5-,6-,7-,8-/m1/s1. The predicted octanol–water partition coefficient (Wildman–Crippen LogP) is -2.55. The van der Waals surface area contributed by atoms with E-state index in [-0.39, 0.29) is 12.0 Å². The average molecular weight is 276 g/mol. The van der Waals surface area contributed by atoms with Crippen LogP contribution in [0.15, 0.2) is 4.99 Å². The maximum absolute atomic E-state index is 11.5. The summed E-state index contributed by atoms with van der Waals surface area (Å²) in [6.45, 7) is 3.12. The molecule has 0 bridgehead atoms. The van der Waals surface area contributed by atoms with Gasteiger partial charge in [0.05, 0.1) is 6.61 Å². The minimum atomic E-state index is -1.33. The molecule has 1 fully saturated rings. The summed E-state index contributed by atoms with van der Waals surface area (Å²) in [5, 5.41) is 32.5. The first-order chi connectivity index (χ1) is 8.85. The highest BCUT2D eigenvalue weighted by Gasteiger charge is 2.43. The summed E-state index contributed by atoms with van der Waals surface area (Å²) in [6, 6.07) is -0.800. The first-order valence-corrected chi connectivity index (χ1v) is 5.88. The zero-order valence-electron chi connectivity index (χ0n) is 10.8. The third-order valence-electron chi connectivity index (χ3n) is 2.45. The van der Waals surface area contributed by atoms with E-state index in [0.717, 1.165) is 0 Å². The zero-order chi connectivity index (χ0) is 14.6. The second kappa shape index (κ2) is 6.66. The molecule has 1 saturated heterocycles. The quantitative estimate of drug-likeness (QED) is 0.247. The van der Waals surface area contributed by atoms with Crippen molar-refractivity contribution in [3.63, 3.8) is 0 Å². The van der Waals surface area contributed by atoms with Crippen LogP contribution in [-0.2, 0) is 4.74 Å². The van der Waals surface area contributed by atoms with Crippen molar-refractivity contribution >= 4 is 12.0 Å². The highest BCUT2D eigenvalue weighted by atomic mass is 16.6. The topological polar surface area (TPSA) is 149 Å². The number of aliphatic hydroxyl groups is 3. The number of nitrogens with zero attached hydrogens (tertiary/aromatic N) is 1. The van der Waals surface area contributed by atoms with Crippen LogP contribution < -0.4 is 16.4 Å². The molecule has 0 aliphatic carbocycles. The Bertz CT molecular complexity index is 349. The number of nitrogens with two attached hydrogens (primary N) is 1. The molecule has 1 heterocycles. The molecule has 1 rings (SSSR count). The zero-order valence-corrected chi connectivity index (χ0v) is 10.8. The summed E-state index contributed by atoms with van der Waals surface area (Å²) in [7, 11) is 0. The Hall–Kier alpha value is -1.42. The molecule has 0 aromatic rings. The van der Waals surface area contributed by atoms with E-state index in [9.17, 15) is 15.0 Å². The first kappa shape index (κ1) is 15.6. The lowest BCUT2D eigenvalue weighted by Gasteiger charge is -2.16. The lowest BCUT2D eigenvalue weighted by atomic mass is 10.1. The number of aliphatic imine (C=N–C) groups is 1. The van der Waals surface area contributed by atoms with E-state index in [1.807, 2.05) is 0 Å². The van der Waals surface area contributed by atoms with Gasteiger partial charge in [-0.25, -0.2) is 4.79 Å². The van der Waals surface area contributed by atoms with Crippen LogP contribution in [0.1, 0.15) is 13.8 Å². The molecule has 0 aromatic carbocycles. The molecule has 0 saturated carbocycles. The van der Waals surface area contributed by atoms with Crippen LogP contribution in [-0.4, -0.2) is 64.5 Å². The van der Waals surface area contributed by atoms with Crippen LogP contribution in [0, 0.1) is 0 Å². The van der Waals surface area contributed by atoms with Crippen molar-refractivity contribution in [3.05, 3.63) is 0 Å². The van der Waals surface area contributed by atoms with Gasteiger partial charge in [-0.05, 0) is 13.8 Å². The molecule has 0 spiro atoms. The maximum atomic E-state index is 11.5. The molecule has 9 heteroatoms. The molecule has 19 heavy (non-hydrogen) atoms. The van der Waals surface area contributed by atoms with Crippen LogP contribution in [0.25, 0.3) is 0 Å². The molecule has 0 aromatic heterocycles. The van der Waals surface area contributed by atoms with E-state index in [1.54, 1.807) is 13.8 Å². The number of carbonyl (C=O) groups is 1. The third kappa shape index (κ3) is 4.31. The van der Waals surface area contributed by atoms with Crippen molar-refractivity contribution in [2.24, 2.45) is 10.7 Å². The number of hydrogen-bond donors (Lipinski definition) is 6. The minimum Gasteiger partial charge on any atom is -0.394 e. The second-order valence-electron chi connectivity index (χ2n) is 4.47. The van der Waals surface area contributed by atoms with E-state index in [0.29, 0.717) is 0 Å². The van der Waals surface area contributed by atoms with Crippen LogP contribution in [0.3, 0.4) is 0 Å². The molecule has 9 nitrogen and oxygen atoms in total. The molecule has 110 valence electrons. The van der Waals surface area contributed by atoms with Gasteiger partial charge in [-0.1, -0.05) is 0 Å². The van der Waals surface area contributed by atoms with Gasteiger partial charge in [0, 0.05) is 6.04 Å². The number of guanidine groups is 1. The molecule has 1 aliphatic rings. The number of urea groups is 1. The van der Waals surface area contributed by atoms with Crippen molar-refractivity contribution in [2.75, 3.05) is 6.61 Å². The Labute approximate surface area is 110 Å². The van der Waals surface area contributed by atoms with Gasteiger partial charge in [0.2, 0.25) is 0 Å². The molecular weight excluding hydrogens is 256 g/mol. The number of hydrogen-bond acceptors (Lipinski definition) is 6. The number of amides is 2. The van der Waals surface area contributed by atoms with Gasteiger partial charge in [-0.15, -0.1) is 0 Å². The summed E-state index contributed by atoms with van der Waals surface area (Å²) >= 11 is 0. The van der Waals surface area contributed by atoms with Crippen LogP contribution in [0.5, 0.6) is 0 Å². The van der Waals surface area contributed by atoms with Gasteiger partial charge in [-0.2, -0.15) is 0 Å². The average Bonchev–Trinajstić information content (AvgIpc) is 2.55. The van der Waals surface area contributed by atoms with Crippen LogP contribution in [0.4, 0.5) is 4.79 Å². The smallest absolute Gasteiger partial charge is 0.323 e. The Morgan fingerprint density at radius 1 is 1.42 bits per heavy atom. The monoisotopic (exact) mass is 276 g/mol. The van der Waals surface area contributed by atoms with Crippen LogP contribution >= 0.6 is 0 Å². The number of rotatable bonds is 3. The van der Waals surface area contributed by atoms with Gasteiger partial charge in [0.1, 0.15) is 18.3 Å². The largest absolute Gasteiger partial charge is 0.394 e. The van der Waals surface area contributed by atoms with E-state index < -0.39 is 37.2 Å². The number of nitrogens with one attached hydrogen (secondary N) is 2. The maximum Gasteiger partial charge on any atom is 0.323 e. The van der Waals surface area contributed by atoms with Crippen molar-refractivity contribution in [1.29, 1.82) is 0 Å². The van der Waals surface area contributed by atoms with Gasteiger partial charge >= 0.3 is 6.03 Å². The first-order valence-electron chi connectivity index (χ1n) is 5.88. The van der Waals surface area contributed by atoms with Gasteiger partial charge in [0.15, 0.2) is 12.2 Å². The second-order valence-corrected chi connectivity index (χ2v) is 4.47. The Morgan fingerprint density at radius 3 is 2.53 bits per heavy atom. The van der Waals surface area contributed by atoms with Crippen molar-refractivity contribution in [1.82, 2.24) is 10.6 Å². The van der Waals surface area contributed by atoms with Crippen molar-refractivity contribution < 1.29 is 24.9 Å². The predicted molar refractivity (Wildman–Crippen MR) is 66.2 cm³/mol. The molecule has 4 atom stereocenters. The van der Waals surface area contributed by atoms with E-state index in [4.69, 9.17) is 15.6 Å². The third-order valence-corrected chi connectivity index (χ3v) is 2.45. The fourth-order valence-electron chi connectivity index (χ4n) is 1.61. The van der Waals surface area contributed by atoms with Gasteiger partial charge in [-0.3, -0.25) is 10.3 Å². The molecule has 0 radical (unpaired) electrons. The SMILES string of the molecule is CC(C)N=C(N)NC(=O)N[C@@H]1O[C@H](CO)[C@@H](O)[C@H]1O. The summed E-state index contributed by atoms with van der Waals surface area (Å²) in [5.74, 6) is -0.0701. The number of aliphatic hydroxyl groups excluding tert-OH is 3. The molecule has 7 N–H and O–H groups in total. The number of ether oxygens (including phenoxy) is 1. The molecule has 0 unspecified atom stereocenters. The summed E-state index contributed by atoms with van der Waals surface area (Å²) in [4.78, 5) is 15.4. The fraction of sp³-hybridized carbons (Fsp3) is 0.800. The Balaban J connectivity index is 2.50. The Morgan fingerprint density at radius 2 is 2.05 bits per heavy atom. The lowest BCUT2D eigenvalue weighted by molar-refractivity contribution is -0.0283. The van der Waals surface area contributed by atoms with Gasteiger partial charge in [0.25, 0.3) is 0 Å². The number of carbonyl (C=O) groups excluding carboxylic acids is 1. The van der Waals surface area contributed by atoms with Crippen molar-refractivity contribution in [3.8, 4) is 0 Å². The molecule has 2 amide bonds. The summed E-state index contributed by atoms with van der Waals surface area (Å²) in [6.07, 6.45) is -4.66. The van der Waals surface area contributed by atoms with E-state index in [1.165, 1.54) is 0 Å². The van der Waals surface area contributed by atoms with Crippen LogP contribution in [0.2, 0.25) is 0 Å². The Kier molecular flexibility index (Phi) is 5.48. The van der Waals surface area contributed by atoms with Crippen molar-refractivity contribution in [2.45, 2.75) is 44.4 Å². The fourth-order valence-corrected chi connectivity index (χ4v) is 1.61. The normalized spacial score (nSPS) is 31.6.